The minimum Gasteiger partial charge on any atom is -0.313 e. The van der Waals surface area contributed by atoms with Gasteiger partial charge in [0.1, 0.15) is 5.82 Å². The molecule has 2 N–H and O–H groups in total. The Kier molecular flexibility index (Phi) is 6.82. The monoisotopic (exact) mass is 344 g/mol. The van der Waals surface area contributed by atoms with E-state index in [2.05, 4.69) is 20.5 Å². The summed E-state index contributed by atoms with van der Waals surface area (Å²) in [7, 11) is 0. The molecule has 5 heteroatoms. The Morgan fingerprint density at radius 2 is 1.92 bits per heavy atom. The summed E-state index contributed by atoms with van der Waals surface area (Å²) >= 11 is 0. The third kappa shape index (κ3) is 5.79. The van der Waals surface area contributed by atoms with Crippen molar-refractivity contribution in [2.24, 2.45) is 5.92 Å². The second-order valence-electron chi connectivity index (χ2n) is 7.62. The van der Waals surface area contributed by atoms with Crippen molar-refractivity contribution in [1.29, 1.82) is 0 Å². The summed E-state index contributed by atoms with van der Waals surface area (Å²) in [5.41, 5.74) is 1.10. The Morgan fingerprint density at radius 3 is 2.60 bits per heavy atom. The first-order valence-corrected chi connectivity index (χ1v) is 9.90. The van der Waals surface area contributed by atoms with Gasteiger partial charge in [-0.3, -0.25) is 4.79 Å². The van der Waals surface area contributed by atoms with Gasteiger partial charge >= 0.3 is 0 Å². The molecule has 25 heavy (non-hydrogen) atoms. The van der Waals surface area contributed by atoms with Crippen LogP contribution in [0.4, 0.5) is 5.82 Å². The largest absolute Gasteiger partial charge is 0.313 e. The van der Waals surface area contributed by atoms with E-state index in [1.807, 2.05) is 19.1 Å². The summed E-state index contributed by atoms with van der Waals surface area (Å²) in [6.45, 7) is 6.22. The SMILES string of the molecule is Cc1ccc(NC(=O)C2CCN(CCNC3CCCCC3)CC2)nc1. The number of hydrogen-bond donors (Lipinski definition) is 2. The first-order valence-electron chi connectivity index (χ1n) is 9.90. The fraction of sp³-hybridized carbons (Fsp3) is 0.700. The van der Waals surface area contributed by atoms with Crippen LogP contribution in [-0.2, 0) is 4.79 Å². The van der Waals surface area contributed by atoms with Crippen molar-refractivity contribution in [3.05, 3.63) is 23.9 Å². The third-order valence-corrected chi connectivity index (χ3v) is 5.59. The van der Waals surface area contributed by atoms with Gasteiger partial charge in [-0.15, -0.1) is 0 Å². The molecule has 1 aromatic rings. The Bertz CT molecular complexity index is 531. The van der Waals surface area contributed by atoms with Gasteiger partial charge in [0.25, 0.3) is 0 Å². The van der Waals surface area contributed by atoms with E-state index >= 15 is 0 Å². The second kappa shape index (κ2) is 9.30. The predicted molar refractivity (Wildman–Crippen MR) is 102 cm³/mol. The molecule has 1 saturated heterocycles. The molecule has 0 radical (unpaired) electrons. The molecule has 0 aromatic carbocycles. The lowest BCUT2D eigenvalue weighted by Gasteiger charge is -2.32. The number of nitrogens with one attached hydrogen (secondary N) is 2. The number of amides is 1. The summed E-state index contributed by atoms with van der Waals surface area (Å²) in [4.78, 5) is 19.1. The lowest BCUT2D eigenvalue weighted by molar-refractivity contribution is -0.121. The van der Waals surface area contributed by atoms with Crippen LogP contribution in [0.25, 0.3) is 0 Å². The van der Waals surface area contributed by atoms with Gasteiger partial charge in [0.2, 0.25) is 5.91 Å². The van der Waals surface area contributed by atoms with Gasteiger partial charge in [-0.1, -0.05) is 25.3 Å². The van der Waals surface area contributed by atoms with E-state index in [0.717, 1.165) is 50.6 Å². The average Bonchev–Trinajstić information content (AvgIpc) is 2.65. The summed E-state index contributed by atoms with van der Waals surface area (Å²) < 4.78 is 0. The first-order chi connectivity index (χ1) is 12.2. The molecule has 2 heterocycles. The van der Waals surface area contributed by atoms with Crippen molar-refractivity contribution >= 4 is 11.7 Å². The second-order valence-corrected chi connectivity index (χ2v) is 7.62. The number of hydrogen-bond acceptors (Lipinski definition) is 4. The number of piperidine rings is 1. The molecule has 2 fully saturated rings. The summed E-state index contributed by atoms with van der Waals surface area (Å²) in [6, 6.07) is 4.59. The first kappa shape index (κ1) is 18.3. The molecule has 1 aliphatic carbocycles. The summed E-state index contributed by atoms with van der Waals surface area (Å²) in [6.07, 6.45) is 10.5. The van der Waals surface area contributed by atoms with Gasteiger partial charge in [0.15, 0.2) is 0 Å². The van der Waals surface area contributed by atoms with Gasteiger partial charge in [-0.25, -0.2) is 4.98 Å². The van der Waals surface area contributed by atoms with Crippen LogP contribution in [0, 0.1) is 12.8 Å². The van der Waals surface area contributed by atoms with Gasteiger partial charge in [0, 0.05) is 31.2 Å². The van der Waals surface area contributed by atoms with Crippen LogP contribution in [0.1, 0.15) is 50.5 Å². The van der Waals surface area contributed by atoms with Gasteiger partial charge < -0.3 is 15.5 Å². The van der Waals surface area contributed by atoms with E-state index < -0.39 is 0 Å². The highest BCUT2D eigenvalue weighted by molar-refractivity contribution is 5.91. The van der Waals surface area contributed by atoms with E-state index in [9.17, 15) is 4.79 Å². The summed E-state index contributed by atoms with van der Waals surface area (Å²) in [5.74, 6) is 0.900. The van der Waals surface area contributed by atoms with E-state index in [1.165, 1.54) is 32.1 Å². The van der Waals surface area contributed by atoms with Crippen LogP contribution in [0.5, 0.6) is 0 Å². The zero-order valence-corrected chi connectivity index (χ0v) is 15.5. The van der Waals surface area contributed by atoms with E-state index in [-0.39, 0.29) is 11.8 Å². The van der Waals surface area contributed by atoms with Crippen molar-refractivity contribution in [3.8, 4) is 0 Å². The van der Waals surface area contributed by atoms with Crippen molar-refractivity contribution in [1.82, 2.24) is 15.2 Å². The highest BCUT2D eigenvalue weighted by atomic mass is 16.1. The molecule has 2 aliphatic rings. The number of carbonyl (C=O) groups is 1. The number of aryl methyl sites for hydroxylation is 1. The predicted octanol–water partition coefficient (Wildman–Crippen LogP) is 2.96. The zero-order valence-electron chi connectivity index (χ0n) is 15.5. The molecule has 1 saturated carbocycles. The van der Waals surface area contributed by atoms with Crippen molar-refractivity contribution < 1.29 is 4.79 Å². The van der Waals surface area contributed by atoms with E-state index in [0.29, 0.717) is 5.82 Å². The lowest BCUT2D eigenvalue weighted by Crippen LogP contribution is -2.43. The minimum atomic E-state index is 0.116. The van der Waals surface area contributed by atoms with Gasteiger partial charge in [-0.05, 0) is 57.3 Å². The fourth-order valence-electron chi connectivity index (χ4n) is 3.92. The molecular weight excluding hydrogens is 312 g/mol. The number of carbonyl (C=O) groups excluding carboxylic acids is 1. The molecule has 5 nitrogen and oxygen atoms in total. The Balaban J connectivity index is 1.33. The number of rotatable bonds is 6. The zero-order chi connectivity index (χ0) is 17.5. The number of pyridine rings is 1. The van der Waals surface area contributed by atoms with E-state index in [4.69, 9.17) is 0 Å². The van der Waals surface area contributed by atoms with E-state index in [1.54, 1.807) is 6.20 Å². The highest BCUT2D eigenvalue weighted by Crippen LogP contribution is 2.19. The van der Waals surface area contributed by atoms with Crippen LogP contribution >= 0.6 is 0 Å². The van der Waals surface area contributed by atoms with Gasteiger partial charge in [-0.2, -0.15) is 0 Å². The average molecular weight is 345 g/mol. The Morgan fingerprint density at radius 1 is 1.16 bits per heavy atom. The number of likely N-dealkylation sites (tertiary alicyclic amines) is 1. The van der Waals surface area contributed by atoms with Crippen molar-refractivity contribution in [2.45, 2.75) is 57.9 Å². The molecule has 138 valence electrons. The molecule has 1 aliphatic heterocycles. The van der Waals surface area contributed by atoms with Crippen molar-refractivity contribution in [2.75, 3.05) is 31.5 Å². The molecular formula is C20H32N4O. The maximum Gasteiger partial charge on any atom is 0.228 e. The third-order valence-electron chi connectivity index (χ3n) is 5.59. The van der Waals surface area contributed by atoms with Crippen LogP contribution in [0.2, 0.25) is 0 Å². The Hall–Kier alpha value is -1.46. The standard InChI is InChI=1S/C20H32N4O/c1-16-7-8-19(22-15-16)23-20(25)17-9-12-24(13-10-17)14-11-21-18-5-3-2-4-6-18/h7-8,15,17-18,21H,2-6,9-14H2,1H3,(H,22,23,25). The number of nitrogens with zero attached hydrogens (tertiary/aromatic N) is 2. The van der Waals surface area contributed by atoms with Crippen LogP contribution < -0.4 is 10.6 Å². The molecule has 1 amide bonds. The smallest absolute Gasteiger partial charge is 0.228 e. The van der Waals surface area contributed by atoms with Gasteiger partial charge in [0.05, 0.1) is 0 Å². The quantitative estimate of drug-likeness (QED) is 0.833. The number of aromatic nitrogens is 1. The molecule has 3 rings (SSSR count). The highest BCUT2D eigenvalue weighted by Gasteiger charge is 2.25. The molecule has 0 spiro atoms. The topological polar surface area (TPSA) is 57.3 Å². The van der Waals surface area contributed by atoms with Crippen LogP contribution in [0.15, 0.2) is 18.3 Å². The lowest BCUT2D eigenvalue weighted by atomic mass is 9.95. The fourth-order valence-corrected chi connectivity index (χ4v) is 3.92. The molecule has 0 bridgehead atoms. The summed E-state index contributed by atoms with van der Waals surface area (Å²) in [5, 5.41) is 6.67. The van der Waals surface area contributed by atoms with Crippen molar-refractivity contribution in [3.63, 3.8) is 0 Å². The normalized spacial score (nSPS) is 20.5. The Labute approximate surface area is 151 Å². The maximum absolute atomic E-state index is 12.4. The molecule has 1 aromatic heterocycles. The molecule has 0 unspecified atom stereocenters. The van der Waals surface area contributed by atoms with Crippen LogP contribution in [-0.4, -0.2) is 48.0 Å². The molecule has 0 atom stereocenters. The van der Waals surface area contributed by atoms with Crippen LogP contribution in [0.3, 0.4) is 0 Å². The minimum absolute atomic E-state index is 0.116. The maximum atomic E-state index is 12.4. The number of anilines is 1.